The molecule has 4 amide bonds. The second kappa shape index (κ2) is 5.43. The van der Waals surface area contributed by atoms with Crippen molar-refractivity contribution in [3.8, 4) is 0 Å². The third-order valence-corrected chi connectivity index (χ3v) is 4.24. The number of aryl methyl sites for hydroxylation is 1. The summed E-state index contributed by atoms with van der Waals surface area (Å²) in [7, 11) is 0. The van der Waals surface area contributed by atoms with Crippen LogP contribution in [-0.4, -0.2) is 75.0 Å². The Morgan fingerprint density at radius 1 is 1.36 bits per heavy atom. The largest absolute Gasteiger partial charge is 0.333 e. The van der Waals surface area contributed by atoms with E-state index in [1.54, 1.807) is 22.8 Å². The molecule has 2 aliphatic rings. The Balaban J connectivity index is 1.75. The van der Waals surface area contributed by atoms with Crippen LogP contribution in [0.5, 0.6) is 0 Å². The number of fused-ring (bicyclic) bond motifs is 1. The lowest BCUT2D eigenvalue weighted by Crippen LogP contribution is -2.54. The quantitative estimate of drug-likeness (QED) is 0.801. The number of urea groups is 1. The van der Waals surface area contributed by atoms with Crippen molar-refractivity contribution in [1.82, 2.24) is 24.9 Å². The summed E-state index contributed by atoms with van der Waals surface area (Å²) in [6, 6.07) is 0.918. The molecule has 1 unspecified atom stereocenters. The van der Waals surface area contributed by atoms with E-state index in [2.05, 4.69) is 10.2 Å². The molecule has 1 N–H and O–H groups in total. The van der Waals surface area contributed by atoms with Gasteiger partial charge >= 0.3 is 6.03 Å². The Kier molecular flexibility index (Phi) is 3.59. The van der Waals surface area contributed by atoms with Gasteiger partial charge in [-0.3, -0.25) is 19.6 Å². The summed E-state index contributed by atoms with van der Waals surface area (Å²) < 4.78 is 0. The minimum atomic E-state index is -0.560. The van der Waals surface area contributed by atoms with Crippen LogP contribution in [0.25, 0.3) is 0 Å². The van der Waals surface area contributed by atoms with Gasteiger partial charge in [-0.15, -0.1) is 0 Å². The van der Waals surface area contributed by atoms with Gasteiger partial charge in [-0.25, -0.2) is 4.79 Å². The van der Waals surface area contributed by atoms with Crippen molar-refractivity contribution in [2.24, 2.45) is 0 Å². The number of nitrogens with one attached hydrogen (secondary N) is 1. The molecule has 2 saturated heterocycles. The first-order valence-corrected chi connectivity index (χ1v) is 7.52. The predicted molar refractivity (Wildman–Crippen MR) is 77.1 cm³/mol. The van der Waals surface area contributed by atoms with E-state index in [0.29, 0.717) is 25.3 Å². The van der Waals surface area contributed by atoms with Crippen LogP contribution in [0.3, 0.4) is 0 Å². The van der Waals surface area contributed by atoms with Gasteiger partial charge in [0.25, 0.3) is 11.8 Å². The Labute approximate surface area is 128 Å². The maximum absolute atomic E-state index is 12.5. The first-order valence-electron chi connectivity index (χ1n) is 7.52. The molecule has 3 rings (SSSR count). The topological polar surface area (TPSA) is 89.6 Å². The molecule has 1 atom stereocenters. The number of hydrogen-bond donors (Lipinski definition) is 1. The first-order chi connectivity index (χ1) is 10.6. The van der Waals surface area contributed by atoms with E-state index < -0.39 is 6.04 Å². The van der Waals surface area contributed by atoms with Crippen molar-refractivity contribution in [2.75, 3.05) is 26.2 Å². The van der Waals surface area contributed by atoms with Gasteiger partial charge in [0.15, 0.2) is 0 Å². The molecule has 2 fully saturated rings. The number of likely N-dealkylation sites (N-methyl/N-ethyl adjacent to an activating group) is 1. The smallest absolute Gasteiger partial charge is 0.327 e. The number of rotatable bonds is 3. The third kappa shape index (κ3) is 2.15. The number of aromatic amines is 1. The zero-order valence-electron chi connectivity index (χ0n) is 12.7. The molecular formula is C14H19N5O3. The lowest BCUT2D eigenvalue weighted by atomic mass is 10.1. The molecule has 0 aromatic carbocycles. The molecule has 0 radical (unpaired) electrons. The van der Waals surface area contributed by atoms with Crippen molar-refractivity contribution < 1.29 is 14.4 Å². The fraction of sp³-hybridized carbons (Fsp3) is 0.571. The molecular weight excluding hydrogens is 286 g/mol. The second-order valence-corrected chi connectivity index (χ2v) is 5.46. The SMILES string of the molecule is CCc1cc(C(=O)N2CCN3C(=O)N(CC)C(=O)C3C2)n[nH]1. The van der Waals surface area contributed by atoms with E-state index in [9.17, 15) is 14.4 Å². The normalized spacial score (nSPS) is 21.5. The predicted octanol–water partition coefficient (Wildman–Crippen LogP) is 0.0806. The van der Waals surface area contributed by atoms with E-state index in [0.717, 1.165) is 12.1 Å². The van der Waals surface area contributed by atoms with Crippen LogP contribution in [-0.2, 0) is 11.2 Å². The van der Waals surface area contributed by atoms with Crippen molar-refractivity contribution in [2.45, 2.75) is 26.3 Å². The van der Waals surface area contributed by atoms with Crippen LogP contribution in [0.15, 0.2) is 6.07 Å². The highest BCUT2D eigenvalue weighted by Crippen LogP contribution is 2.22. The highest BCUT2D eigenvalue weighted by atomic mass is 16.2. The summed E-state index contributed by atoms with van der Waals surface area (Å²) in [5.74, 6) is -0.424. The van der Waals surface area contributed by atoms with Crippen molar-refractivity contribution in [1.29, 1.82) is 0 Å². The van der Waals surface area contributed by atoms with Crippen LogP contribution < -0.4 is 0 Å². The monoisotopic (exact) mass is 305 g/mol. The van der Waals surface area contributed by atoms with Crippen LogP contribution in [0.4, 0.5) is 4.79 Å². The number of H-pyrrole nitrogens is 1. The second-order valence-electron chi connectivity index (χ2n) is 5.46. The van der Waals surface area contributed by atoms with E-state index in [-0.39, 0.29) is 24.4 Å². The third-order valence-electron chi connectivity index (χ3n) is 4.24. The standard InChI is InChI=1S/C14H19N5O3/c1-3-9-7-10(16-15-9)12(20)17-5-6-19-11(8-17)13(21)18(4-2)14(19)22/h7,11H,3-6,8H2,1-2H3,(H,15,16). The maximum atomic E-state index is 12.5. The van der Waals surface area contributed by atoms with Gasteiger partial charge in [0.2, 0.25) is 0 Å². The van der Waals surface area contributed by atoms with E-state index in [1.165, 1.54) is 4.90 Å². The molecule has 1 aromatic rings. The highest BCUT2D eigenvalue weighted by Gasteiger charge is 2.47. The fourth-order valence-electron chi connectivity index (χ4n) is 2.94. The zero-order valence-corrected chi connectivity index (χ0v) is 12.7. The summed E-state index contributed by atoms with van der Waals surface area (Å²) >= 11 is 0. The van der Waals surface area contributed by atoms with Crippen LogP contribution >= 0.6 is 0 Å². The first kappa shape index (κ1) is 14.6. The lowest BCUT2D eigenvalue weighted by Gasteiger charge is -2.34. The van der Waals surface area contributed by atoms with Crippen molar-refractivity contribution in [3.63, 3.8) is 0 Å². The minimum absolute atomic E-state index is 0.203. The van der Waals surface area contributed by atoms with Crippen molar-refractivity contribution in [3.05, 3.63) is 17.5 Å². The van der Waals surface area contributed by atoms with Gasteiger partial charge in [0, 0.05) is 25.3 Å². The molecule has 2 aliphatic heterocycles. The minimum Gasteiger partial charge on any atom is -0.333 e. The molecule has 0 bridgehead atoms. The van der Waals surface area contributed by atoms with Crippen LogP contribution in [0.2, 0.25) is 0 Å². The van der Waals surface area contributed by atoms with Gasteiger partial charge in [-0.2, -0.15) is 5.10 Å². The maximum Gasteiger partial charge on any atom is 0.327 e. The number of piperazine rings is 1. The van der Waals surface area contributed by atoms with Gasteiger partial charge in [0.05, 0.1) is 6.54 Å². The summed E-state index contributed by atoms with van der Waals surface area (Å²) in [6.45, 7) is 5.13. The number of aromatic nitrogens is 2. The lowest BCUT2D eigenvalue weighted by molar-refractivity contribution is -0.129. The Bertz CT molecular complexity index is 626. The number of nitrogens with zero attached hydrogens (tertiary/aromatic N) is 4. The van der Waals surface area contributed by atoms with Gasteiger partial charge in [-0.05, 0) is 19.4 Å². The summed E-state index contributed by atoms with van der Waals surface area (Å²) in [5.41, 5.74) is 1.25. The Morgan fingerprint density at radius 2 is 2.14 bits per heavy atom. The number of amides is 4. The molecule has 0 spiro atoms. The Morgan fingerprint density at radius 3 is 2.77 bits per heavy atom. The van der Waals surface area contributed by atoms with E-state index >= 15 is 0 Å². The highest BCUT2D eigenvalue weighted by molar-refractivity contribution is 6.05. The molecule has 8 heteroatoms. The van der Waals surface area contributed by atoms with Crippen molar-refractivity contribution >= 4 is 17.8 Å². The molecule has 118 valence electrons. The summed E-state index contributed by atoms with van der Waals surface area (Å²) in [6.07, 6.45) is 0.773. The molecule has 8 nitrogen and oxygen atoms in total. The van der Waals surface area contributed by atoms with Gasteiger partial charge in [0.1, 0.15) is 11.7 Å². The average Bonchev–Trinajstić information content (AvgIpc) is 3.10. The number of hydrogen-bond acceptors (Lipinski definition) is 4. The van der Waals surface area contributed by atoms with Crippen LogP contribution in [0, 0.1) is 0 Å². The summed E-state index contributed by atoms with van der Waals surface area (Å²) in [4.78, 5) is 41.2. The van der Waals surface area contributed by atoms with E-state index in [4.69, 9.17) is 0 Å². The Hall–Kier alpha value is -2.38. The molecule has 22 heavy (non-hydrogen) atoms. The summed E-state index contributed by atoms with van der Waals surface area (Å²) in [5, 5.41) is 6.84. The number of carbonyl (C=O) groups is 3. The average molecular weight is 305 g/mol. The molecule has 0 saturated carbocycles. The van der Waals surface area contributed by atoms with Gasteiger partial charge < -0.3 is 9.80 Å². The van der Waals surface area contributed by atoms with Crippen LogP contribution in [0.1, 0.15) is 30.0 Å². The zero-order chi connectivity index (χ0) is 15.9. The molecule has 0 aliphatic carbocycles. The fourth-order valence-corrected chi connectivity index (χ4v) is 2.94. The molecule has 3 heterocycles. The number of carbonyl (C=O) groups excluding carboxylic acids is 3. The number of imide groups is 1. The van der Waals surface area contributed by atoms with Gasteiger partial charge in [-0.1, -0.05) is 6.92 Å². The molecule has 1 aromatic heterocycles. The van der Waals surface area contributed by atoms with E-state index in [1.807, 2.05) is 6.92 Å².